The van der Waals surface area contributed by atoms with E-state index in [9.17, 15) is 9.59 Å². The van der Waals surface area contributed by atoms with Crippen molar-refractivity contribution in [3.8, 4) is 0 Å². The van der Waals surface area contributed by atoms with Gasteiger partial charge in [-0.05, 0) is 47.7 Å². The first-order valence-corrected chi connectivity index (χ1v) is 7.78. The molecule has 0 aliphatic rings. The topological polar surface area (TPSA) is 46.2 Å². The summed E-state index contributed by atoms with van der Waals surface area (Å²) in [5.41, 5.74) is 2.53. The molecule has 3 nitrogen and oxygen atoms in total. The predicted molar refractivity (Wildman–Crippen MR) is 92.5 cm³/mol. The van der Waals surface area contributed by atoms with E-state index in [0.29, 0.717) is 5.56 Å². The molecular formula is C17H16INO2. The number of carbonyl (C=O) groups is 2. The lowest BCUT2D eigenvalue weighted by Gasteiger charge is -2.05. The van der Waals surface area contributed by atoms with E-state index in [1.165, 1.54) is 0 Å². The maximum Gasteiger partial charge on any atom is 0.224 e. The van der Waals surface area contributed by atoms with E-state index < -0.39 is 0 Å². The fraction of sp³-hybridized carbons (Fsp3) is 0.176. The number of hydrogen-bond acceptors (Lipinski definition) is 2. The number of benzene rings is 2. The molecule has 0 spiro atoms. The fourth-order valence-electron chi connectivity index (χ4n) is 1.90. The van der Waals surface area contributed by atoms with Gasteiger partial charge in [0, 0.05) is 27.7 Å². The quantitative estimate of drug-likeness (QED) is 0.612. The molecule has 0 heterocycles. The summed E-state index contributed by atoms with van der Waals surface area (Å²) in [6.07, 6.45) is 0.414. The molecule has 0 atom stereocenters. The first kappa shape index (κ1) is 15.7. The molecule has 0 saturated carbocycles. The van der Waals surface area contributed by atoms with Gasteiger partial charge >= 0.3 is 0 Å². The van der Waals surface area contributed by atoms with Gasteiger partial charge in [-0.25, -0.2) is 0 Å². The lowest BCUT2D eigenvalue weighted by Crippen LogP contribution is -2.13. The van der Waals surface area contributed by atoms with E-state index in [0.717, 1.165) is 14.8 Å². The van der Waals surface area contributed by atoms with E-state index in [-0.39, 0.29) is 24.5 Å². The molecule has 0 fully saturated rings. The van der Waals surface area contributed by atoms with E-state index in [1.54, 1.807) is 12.1 Å². The molecule has 1 amide bonds. The van der Waals surface area contributed by atoms with Crippen LogP contribution in [0.2, 0.25) is 0 Å². The number of amides is 1. The highest BCUT2D eigenvalue weighted by Gasteiger charge is 2.09. The SMILES string of the molecule is Cc1ccc(C(=O)CCC(=O)Nc2cccc(I)c2)cc1. The van der Waals surface area contributed by atoms with Crippen LogP contribution in [0.3, 0.4) is 0 Å². The summed E-state index contributed by atoms with van der Waals surface area (Å²) in [6.45, 7) is 1.98. The molecule has 0 radical (unpaired) electrons. The number of carbonyl (C=O) groups excluding carboxylic acids is 2. The monoisotopic (exact) mass is 393 g/mol. The first-order chi connectivity index (χ1) is 10.0. The van der Waals surface area contributed by atoms with Gasteiger partial charge in [-0.1, -0.05) is 35.9 Å². The summed E-state index contributed by atoms with van der Waals surface area (Å²) in [4.78, 5) is 23.8. The Morgan fingerprint density at radius 1 is 1.05 bits per heavy atom. The Morgan fingerprint density at radius 3 is 2.43 bits per heavy atom. The van der Waals surface area contributed by atoms with Gasteiger partial charge in [0.15, 0.2) is 5.78 Å². The second-order valence-electron chi connectivity index (χ2n) is 4.85. The molecule has 21 heavy (non-hydrogen) atoms. The van der Waals surface area contributed by atoms with Crippen LogP contribution in [-0.4, -0.2) is 11.7 Å². The molecule has 0 saturated heterocycles. The van der Waals surface area contributed by atoms with Crippen LogP contribution in [0.15, 0.2) is 48.5 Å². The highest BCUT2D eigenvalue weighted by molar-refractivity contribution is 14.1. The van der Waals surface area contributed by atoms with Gasteiger partial charge in [-0.15, -0.1) is 0 Å². The largest absolute Gasteiger partial charge is 0.326 e. The Morgan fingerprint density at radius 2 is 1.76 bits per heavy atom. The average molecular weight is 393 g/mol. The van der Waals surface area contributed by atoms with Crippen LogP contribution in [-0.2, 0) is 4.79 Å². The second-order valence-corrected chi connectivity index (χ2v) is 6.09. The Kier molecular flexibility index (Phi) is 5.50. The number of Topliss-reactive ketones (excluding diaryl/α,β-unsaturated/α-hetero) is 1. The van der Waals surface area contributed by atoms with Crippen molar-refractivity contribution in [3.05, 3.63) is 63.2 Å². The molecule has 0 aromatic heterocycles. The van der Waals surface area contributed by atoms with Gasteiger partial charge in [-0.3, -0.25) is 9.59 Å². The van der Waals surface area contributed by atoms with Crippen LogP contribution >= 0.6 is 22.6 Å². The number of halogens is 1. The zero-order valence-electron chi connectivity index (χ0n) is 11.7. The van der Waals surface area contributed by atoms with E-state index in [1.807, 2.05) is 43.3 Å². The Hall–Kier alpha value is -1.69. The van der Waals surface area contributed by atoms with Gasteiger partial charge < -0.3 is 5.32 Å². The lowest BCUT2D eigenvalue weighted by molar-refractivity contribution is -0.116. The smallest absolute Gasteiger partial charge is 0.224 e. The van der Waals surface area contributed by atoms with Crippen molar-refractivity contribution in [3.63, 3.8) is 0 Å². The molecule has 2 rings (SSSR count). The maximum atomic E-state index is 12.0. The Balaban J connectivity index is 1.86. The highest BCUT2D eigenvalue weighted by Crippen LogP contribution is 2.13. The van der Waals surface area contributed by atoms with Gasteiger partial charge in [0.05, 0.1) is 0 Å². The van der Waals surface area contributed by atoms with Crippen molar-refractivity contribution in [1.82, 2.24) is 0 Å². The van der Waals surface area contributed by atoms with Crippen LogP contribution in [0.1, 0.15) is 28.8 Å². The first-order valence-electron chi connectivity index (χ1n) is 6.70. The normalized spacial score (nSPS) is 10.2. The molecule has 108 valence electrons. The number of hydrogen-bond donors (Lipinski definition) is 1. The minimum atomic E-state index is -0.141. The third-order valence-electron chi connectivity index (χ3n) is 3.06. The predicted octanol–water partition coefficient (Wildman–Crippen LogP) is 4.20. The van der Waals surface area contributed by atoms with Crippen LogP contribution in [0.4, 0.5) is 5.69 Å². The van der Waals surface area contributed by atoms with Crippen LogP contribution in [0.5, 0.6) is 0 Å². The maximum absolute atomic E-state index is 12.0. The summed E-state index contributed by atoms with van der Waals surface area (Å²) >= 11 is 2.19. The summed E-state index contributed by atoms with van der Waals surface area (Å²) in [5, 5.41) is 2.80. The van der Waals surface area contributed by atoms with Crippen molar-refractivity contribution in [2.24, 2.45) is 0 Å². The van der Waals surface area contributed by atoms with Crippen molar-refractivity contribution in [2.75, 3.05) is 5.32 Å². The number of ketones is 1. The van der Waals surface area contributed by atoms with Crippen LogP contribution in [0.25, 0.3) is 0 Å². The van der Waals surface area contributed by atoms with Crippen LogP contribution < -0.4 is 5.32 Å². The average Bonchev–Trinajstić information content (AvgIpc) is 2.45. The molecule has 0 aliphatic carbocycles. The molecule has 2 aromatic rings. The van der Waals surface area contributed by atoms with E-state index in [4.69, 9.17) is 0 Å². The van der Waals surface area contributed by atoms with Crippen molar-refractivity contribution >= 4 is 40.0 Å². The third-order valence-corrected chi connectivity index (χ3v) is 3.73. The zero-order valence-corrected chi connectivity index (χ0v) is 13.9. The van der Waals surface area contributed by atoms with E-state index in [2.05, 4.69) is 27.9 Å². The van der Waals surface area contributed by atoms with Crippen molar-refractivity contribution < 1.29 is 9.59 Å². The van der Waals surface area contributed by atoms with E-state index >= 15 is 0 Å². The lowest BCUT2D eigenvalue weighted by atomic mass is 10.0. The number of aryl methyl sites for hydroxylation is 1. The third kappa shape index (κ3) is 4.97. The number of nitrogens with one attached hydrogen (secondary N) is 1. The van der Waals surface area contributed by atoms with Crippen LogP contribution in [0, 0.1) is 10.5 Å². The molecule has 0 unspecified atom stereocenters. The summed E-state index contributed by atoms with van der Waals surface area (Å²) in [7, 11) is 0. The molecule has 0 aliphatic heterocycles. The molecular weight excluding hydrogens is 377 g/mol. The van der Waals surface area contributed by atoms with Gasteiger partial charge in [0.1, 0.15) is 0 Å². The van der Waals surface area contributed by atoms with Gasteiger partial charge in [0.2, 0.25) is 5.91 Å². The minimum Gasteiger partial charge on any atom is -0.326 e. The minimum absolute atomic E-state index is 0.00667. The molecule has 2 aromatic carbocycles. The second kappa shape index (κ2) is 7.36. The fourth-order valence-corrected chi connectivity index (χ4v) is 2.44. The standard InChI is InChI=1S/C17H16INO2/c1-12-5-7-13(8-6-12)16(20)9-10-17(21)19-15-4-2-3-14(18)11-15/h2-8,11H,9-10H2,1H3,(H,19,21). The molecule has 4 heteroatoms. The molecule has 0 bridgehead atoms. The number of anilines is 1. The summed E-state index contributed by atoms with van der Waals surface area (Å²) in [6, 6.07) is 15.0. The van der Waals surface area contributed by atoms with Gasteiger partial charge in [0.25, 0.3) is 0 Å². The number of rotatable bonds is 5. The zero-order chi connectivity index (χ0) is 15.2. The summed E-state index contributed by atoms with van der Waals surface area (Å²) in [5.74, 6) is -0.148. The van der Waals surface area contributed by atoms with Crippen molar-refractivity contribution in [2.45, 2.75) is 19.8 Å². The Bertz CT molecular complexity index is 650. The van der Waals surface area contributed by atoms with Crippen molar-refractivity contribution in [1.29, 1.82) is 0 Å². The van der Waals surface area contributed by atoms with Gasteiger partial charge in [-0.2, -0.15) is 0 Å². The molecule has 1 N–H and O–H groups in total. The summed E-state index contributed by atoms with van der Waals surface area (Å²) < 4.78 is 1.06. The Labute approximate surface area is 137 Å². The highest BCUT2D eigenvalue weighted by atomic mass is 127.